The van der Waals surface area contributed by atoms with Gasteiger partial charge >= 0.3 is 5.97 Å². The Morgan fingerprint density at radius 1 is 1.17 bits per heavy atom. The van der Waals surface area contributed by atoms with E-state index in [0.717, 1.165) is 10.6 Å². The minimum atomic E-state index is -0.542. The van der Waals surface area contributed by atoms with Crippen LogP contribution in [0.15, 0.2) is 75.8 Å². The van der Waals surface area contributed by atoms with Crippen molar-refractivity contribution in [3.05, 3.63) is 88.1 Å². The summed E-state index contributed by atoms with van der Waals surface area (Å²) in [5.74, 6) is 0.0127. The Bertz CT molecular complexity index is 1460. The van der Waals surface area contributed by atoms with Crippen molar-refractivity contribution in [2.45, 2.75) is 13.5 Å². The van der Waals surface area contributed by atoms with Gasteiger partial charge in [-0.25, -0.2) is 4.79 Å². The number of H-pyrrole nitrogens is 1. The molecule has 2 aromatic heterocycles. The molecule has 0 saturated heterocycles. The van der Waals surface area contributed by atoms with Gasteiger partial charge in [-0.2, -0.15) is 15.3 Å². The number of tetrazole rings is 1. The number of benzene rings is 2. The maximum atomic E-state index is 12.7. The van der Waals surface area contributed by atoms with Gasteiger partial charge in [0.05, 0.1) is 21.9 Å². The van der Waals surface area contributed by atoms with Gasteiger partial charge in [-0.15, -0.1) is 5.10 Å². The first-order valence-electron chi connectivity index (χ1n) is 10.5. The second-order valence-corrected chi connectivity index (χ2v) is 7.94. The summed E-state index contributed by atoms with van der Waals surface area (Å²) in [5.41, 5.74) is 2.53. The van der Waals surface area contributed by atoms with E-state index >= 15 is 0 Å². The molecule has 1 aliphatic rings. The van der Waals surface area contributed by atoms with Crippen LogP contribution in [0.5, 0.6) is 0 Å². The predicted molar refractivity (Wildman–Crippen MR) is 127 cm³/mol. The molecule has 10 nitrogen and oxygen atoms in total. The molecule has 11 heteroatoms. The molecule has 4 aromatic rings. The Morgan fingerprint density at radius 2 is 2.00 bits per heavy atom. The maximum absolute atomic E-state index is 12.7. The van der Waals surface area contributed by atoms with Crippen molar-refractivity contribution in [3.8, 4) is 11.3 Å². The quantitative estimate of drug-likeness (QED) is 0.317. The molecular formula is C24H17ClN6O4. The second-order valence-electron chi connectivity index (χ2n) is 7.53. The van der Waals surface area contributed by atoms with Gasteiger partial charge in [0, 0.05) is 5.56 Å². The van der Waals surface area contributed by atoms with Crippen LogP contribution >= 0.6 is 11.6 Å². The number of halogens is 1. The first kappa shape index (κ1) is 22.2. The summed E-state index contributed by atoms with van der Waals surface area (Å²) in [6.07, 6.45) is 1.58. The molecular weight excluding hydrogens is 472 g/mol. The molecule has 0 fully saturated rings. The zero-order valence-corrected chi connectivity index (χ0v) is 19.1. The number of nitrogens with one attached hydrogen (secondary N) is 1. The largest absolute Gasteiger partial charge is 0.457 e. The van der Waals surface area contributed by atoms with E-state index < -0.39 is 11.9 Å². The highest BCUT2D eigenvalue weighted by Crippen LogP contribution is 2.29. The molecule has 35 heavy (non-hydrogen) atoms. The number of ether oxygens (including phenoxy) is 1. The number of anilines is 1. The predicted octanol–water partition coefficient (Wildman–Crippen LogP) is 4.28. The lowest BCUT2D eigenvalue weighted by molar-refractivity contribution is -0.114. The molecule has 1 aliphatic heterocycles. The summed E-state index contributed by atoms with van der Waals surface area (Å²) in [4.78, 5) is 25.4. The van der Waals surface area contributed by atoms with Crippen molar-refractivity contribution in [2.75, 3.05) is 5.01 Å². The fourth-order valence-corrected chi connectivity index (χ4v) is 3.62. The van der Waals surface area contributed by atoms with Crippen molar-refractivity contribution in [1.82, 2.24) is 20.6 Å². The number of amides is 1. The molecule has 0 unspecified atom stereocenters. The van der Waals surface area contributed by atoms with E-state index in [1.165, 1.54) is 0 Å². The minimum Gasteiger partial charge on any atom is -0.457 e. The number of aromatic nitrogens is 4. The normalized spacial score (nSPS) is 14.5. The van der Waals surface area contributed by atoms with Gasteiger partial charge in [0.2, 0.25) is 0 Å². The molecule has 0 aliphatic carbocycles. The van der Waals surface area contributed by atoms with E-state index in [1.54, 1.807) is 43.3 Å². The van der Waals surface area contributed by atoms with Gasteiger partial charge in [0.25, 0.3) is 11.9 Å². The van der Waals surface area contributed by atoms with E-state index in [4.69, 9.17) is 20.8 Å². The number of hydrazone groups is 1. The molecule has 5 rings (SSSR count). The number of aromatic amines is 1. The van der Waals surface area contributed by atoms with Crippen LogP contribution in [0.25, 0.3) is 17.4 Å². The van der Waals surface area contributed by atoms with Crippen LogP contribution in [0.1, 0.15) is 28.6 Å². The summed E-state index contributed by atoms with van der Waals surface area (Å²) >= 11 is 6.25. The Labute approximate surface area is 203 Å². The Morgan fingerprint density at radius 3 is 2.77 bits per heavy atom. The lowest BCUT2D eigenvalue weighted by Gasteiger charge is -2.08. The number of esters is 1. The number of nitrogens with zero attached hydrogens (tertiary/aromatic N) is 5. The monoisotopic (exact) mass is 488 g/mol. The molecule has 1 N–H and O–H groups in total. The molecule has 0 atom stereocenters. The highest BCUT2D eigenvalue weighted by atomic mass is 35.5. The molecule has 0 radical (unpaired) electrons. The SMILES string of the molecule is CC1=NN(c2nn[nH]n2)C(=O)/C1=C/c1ccc(-c2ccc(Cl)c(C(=O)OCc3ccccc3)c2)o1. The number of hydrogen-bond acceptors (Lipinski definition) is 8. The summed E-state index contributed by atoms with van der Waals surface area (Å²) < 4.78 is 11.3. The van der Waals surface area contributed by atoms with Gasteiger partial charge < -0.3 is 9.15 Å². The Kier molecular flexibility index (Phi) is 5.94. The average Bonchev–Trinajstić information content (AvgIpc) is 3.62. The summed E-state index contributed by atoms with van der Waals surface area (Å²) in [5, 5.41) is 18.8. The van der Waals surface area contributed by atoms with Crippen LogP contribution in [0.3, 0.4) is 0 Å². The molecule has 174 valence electrons. The van der Waals surface area contributed by atoms with Gasteiger partial charge in [-0.05, 0) is 54.1 Å². The van der Waals surface area contributed by atoms with E-state index in [9.17, 15) is 9.59 Å². The van der Waals surface area contributed by atoms with Gasteiger partial charge in [0.1, 0.15) is 18.1 Å². The Hall–Kier alpha value is -4.57. The number of carbonyl (C=O) groups excluding carboxylic acids is 2. The van der Waals surface area contributed by atoms with Gasteiger partial charge in [-0.3, -0.25) is 4.79 Å². The number of hydrogen-bond donors (Lipinski definition) is 1. The van der Waals surface area contributed by atoms with Crippen molar-refractivity contribution < 1.29 is 18.7 Å². The van der Waals surface area contributed by atoms with Crippen molar-refractivity contribution in [2.24, 2.45) is 5.10 Å². The maximum Gasteiger partial charge on any atom is 0.340 e. The van der Waals surface area contributed by atoms with E-state index in [1.807, 2.05) is 30.3 Å². The topological polar surface area (TPSA) is 127 Å². The first-order chi connectivity index (χ1) is 17.0. The van der Waals surface area contributed by atoms with Crippen molar-refractivity contribution in [1.29, 1.82) is 0 Å². The van der Waals surface area contributed by atoms with Crippen LogP contribution in [0, 0.1) is 0 Å². The molecule has 2 aromatic carbocycles. The van der Waals surface area contributed by atoms with E-state index in [2.05, 4.69) is 25.7 Å². The van der Waals surface area contributed by atoms with E-state index in [0.29, 0.717) is 28.4 Å². The number of rotatable bonds is 6. The molecule has 0 spiro atoms. The van der Waals surface area contributed by atoms with Crippen LogP contribution in [-0.4, -0.2) is 38.2 Å². The molecule has 0 saturated carbocycles. The molecule has 1 amide bonds. The Balaban J connectivity index is 1.35. The summed E-state index contributed by atoms with van der Waals surface area (Å²) in [6, 6.07) is 17.8. The second kappa shape index (κ2) is 9.35. The summed E-state index contributed by atoms with van der Waals surface area (Å²) in [6.45, 7) is 1.83. The van der Waals surface area contributed by atoms with Crippen LogP contribution in [0.2, 0.25) is 5.02 Å². The van der Waals surface area contributed by atoms with Crippen molar-refractivity contribution >= 4 is 41.2 Å². The molecule has 3 heterocycles. The fraction of sp³-hybridized carbons (Fsp3) is 0.0833. The van der Waals surface area contributed by atoms with Gasteiger partial charge in [0.15, 0.2) is 0 Å². The van der Waals surface area contributed by atoms with Crippen LogP contribution in [0.4, 0.5) is 5.95 Å². The highest BCUT2D eigenvalue weighted by Gasteiger charge is 2.31. The standard InChI is InChI=1S/C24H17ClN6O4/c1-14-18(22(32)31(28-14)24-26-29-30-27-24)12-17-8-10-21(35-17)16-7-9-20(25)19(11-16)23(33)34-13-15-5-3-2-4-6-15/h2-12H,13H2,1H3,(H,26,27,29,30)/b18-12+. The lowest BCUT2D eigenvalue weighted by Crippen LogP contribution is -2.22. The number of furan rings is 1. The van der Waals surface area contributed by atoms with Gasteiger partial charge in [-0.1, -0.05) is 47.0 Å². The van der Waals surface area contributed by atoms with Crippen LogP contribution in [-0.2, 0) is 16.1 Å². The van der Waals surface area contributed by atoms with Crippen molar-refractivity contribution in [3.63, 3.8) is 0 Å². The van der Waals surface area contributed by atoms with E-state index in [-0.39, 0.29) is 23.1 Å². The smallest absolute Gasteiger partial charge is 0.340 e. The first-order valence-corrected chi connectivity index (χ1v) is 10.8. The number of carbonyl (C=O) groups is 2. The highest BCUT2D eigenvalue weighted by molar-refractivity contribution is 6.33. The zero-order valence-electron chi connectivity index (χ0n) is 18.3. The third kappa shape index (κ3) is 4.59. The van der Waals surface area contributed by atoms with Crippen LogP contribution < -0.4 is 5.01 Å². The average molecular weight is 489 g/mol. The third-order valence-electron chi connectivity index (χ3n) is 5.18. The minimum absolute atomic E-state index is 0.0470. The third-order valence-corrected chi connectivity index (χ3v) is 5.51. The fourth-order valence-electron chi connectivity index (χ4n) is 3.43. The lowest BCUT2D eigenvalue weighted by atomic mass is 10.1. The molecule has 0 bridgehead atoms. The zero-order chi connectivity index (χ0) is 24.4. The summed E-state index contributed by atoms with van der Waals surface area (Å²) in [7, 11) is 0.